The molecule has 0 bridgehead atoms. The number of urea groups is 1. The average Bonchev–Trinajstić information content (AvgIpc) is 2.75. The second kappa shape index (κ2) is 6.53. The molecule has 0 saturated heterocycles. The van der Waals surface area contributed by atoms with E-state index in [9.17, 15) is 14.4 Å². The summed E-state index contributed by atoms with van der Waals surface area (Å²) in [6, 6.07) is -2.30. The summed E-state index contributed by atoms with van der Waals surface area (Å²) in [5.74, 6) is -2.73. The van der Waals surface area contributed by atoms with E-state index in [4.69, 9.17) is 10.2 Å². The number of amides is 2. The van der Waals surface area contributed by atoms with Crippen molar-refractivity contribution < 1.29 is 24.6 Å². The zero-order chi connectivity index (χ0) is 16.2. The topological polar surface area (TPSA) is 129 Å². The number of aliphatic carboxylic acids is 2. The maximum absolute atomic E-state index is 11.7. The molecule has 1 heterocycles. The Kier molecular flexibility index (Phi) is 5.25. The van der Waals surface area contributed by atoms with Gasteiger partial charge in [-0.05, 0) is 0 Å². The number of aromatic nitrogens is 1. The normalized spacial score (nSPS) is 12.5. The van der Waals surface area contributed by atoms with Gasteiger partial charge in [0.15, 0.2) is 5.13 Å². The first-order valence-electron chi connectivity index (χ1n) is 6.07. The van der Waals surface area contributed by atoms with Crippen LogP contribution < -0.4 is 10.6 Å². The first-order chi connectivity index (χ1) is 9.59. The van der Waals surface area contributed by atoms with Crippen LogP contribution in [0.3, 0.4) is 0 Å². The van der Waals surface area contributed by atoms with Crippen LogP contribution in [0.25, 0.3) is 0 Å². The van der Waals surface area contributed by atoms with E-state index in [1.165, 1.54) is 11.3 Å². The maximum Gasteiger partial charge on any atom is 0.326 e. The van der Waals surface area contributed by atoms with Crippen molar-refractivity contribution in [1.29, 1.82) is 0 Å². The van der Waals surface area contributed by atoms with Crippen LogP contribution in [-0.4, -0.2) is 39.2 Å². The van der Waals surface area contributed by atoms with Gasteiger partial charge in [0.1, 0.15) is 6.04 Å². The lowest BCUT2D eigenvalue weighted by Crippen LogP contribution is -2.44. The van der Waals surface area contributed by atoms with Crippen LogP contribution in [0.2, 0.25) is 0 Å². The molecule has 0 fully saturated rings. The second-order valence-electron chi connectivity index (χ2n) is 5.38. The van der Waals surface area contributed by atoms with Crippen molar-refractivity contribution in [3.63, 3.8) is 0 Å². The molecule has 116 valence electrons. The number of rotatable bonds is 5. The zero-order valence-electron chi connectivity index (χ0n) is 11.8. The fourth-order valence-corrected chi connectivity index (χ4v) is 2.27. The standard InChI is InChI=1S/C12H17N3O5S/c1-12(2,3)7-5-21-11(14-7)15-10(20)13-6(9(18)19)4-8(16)17/h5-6H,4H2,1-3H3,(H,16,17)(H,18,19)(H2,13,14,15,20)/t6-/m0/s1. The fraction of sp³-hybridized carbons (Fsp3) is 0.500. The SMILES string of the molecule is CC(C)(C)c1csc(NC(=O)N[C@@H](CC(=O)O)C(=O)O)n1. The smallest absolute Gasteiger partial charge is 0.326 e. The number of hydrogen-bond acceptors (Lipinski definition) is 5. The number of nitrogens with zero attached hydrogens (tertiary/aromatic N) is 1. The Balaban J connectivity index is 2.66. The molecular formula is C12H17N3O5S. The summed E-state index contributed by atoms with van der Waals surface area (Å²) in [7, 11) is 0. The molecule has 9 heteroatoms. The van der Waals surface area contributed by atoms with Crippen molar-refractivity contribution in [1.82, 2.24) is 10.3 Å². The first-order valence-corrected chi connectivity index (χ1v) is 6.95. The third-order valence-electron chi connectivity index (χ3n) is 2.48. The van der Waals surface area contributed by atoms with E-state index in [2.05, 4.69) is 15.6 Å². The van der Waals surface area contributed by atoms with Crippen molar-refractivity contribution in [3.8, 4) is 0 Å². The molecule has 1 aromatic heterocycles. The number of carboxylic acids is 2. The Morgan fingerprint density at radius 2 is 1.95 bits per heavy atom. The summed E-state index contributed by atoms with van der Waals surface area (Å²) in [5.41, 5.74) is 0.628. The summed E-state index contributed by atoms with van der Waals surface area (Å²) < 4.78 is 0. The van der Waals surface area contributed by atoms with Crippen LogP contribution in [0.15, 0.2) is 5.38 Å². The summed E-state index contributed by atoms with van der Waals surface area (Å²) in [4.78, 5) is 37.2. The monoisotopic (exact) mass is 315 g/mol. The molecule has 0 radical (unpaired) electrons. The van der Waals surface area contributed by atoms with E-state index in [0.29, 0.717) is 5.13 Å². The molecule has 0 aliphatic carbocycles. The first kappa shape index (κ1) is 16.9. The largest absolute Gasteiger partial charge is 0.481 e. The molecule has 21 heavy (non-hydrogen) atoms. The summed E-state index contributed by atoms with van der Waals surface area (Å²) in [6.07, 6.45) is -0.701. The molecule has 1 aromatic rings. The van der Waals surface area contributed by atoms with Gasteiger partial charge < -0.3 is 15.5 Å². The molecule has 0 aliphatic rings. The summed E-state index contributed by atoms with van der Waals surface area (Å²) in [5, 5.41) is 24.0. The van der Waals surface area contributed by atoms with Crippen molar-refractivity contribution in [3.05, 3.63) is 11.1 Å². The molecule has 8 nitrogen and oxygen atoms in total. The number of carboxylic acid groups (broad SMARTS) is 2. The average molecular weight is 315 g/mol. The third kappa shape index (κ3) is 5.38. The number of hydrogen-bond donors (Lipinski definition) is 4. The van der Waals surface area contributed by atoms with Gasteiger partial charge in [-0.25, -0.2) is 14.6 Å². The molecule has 4 N–H and O–H groups in total. The molecule has 0 spiro atoms. The van der Waals surface area contributed by atoms with Crippen molar-refractivity contribution >= 4 is 34.4 Å². The van der Waals surface area contributed by atoms with Crippen molar-refractivity contribution in [2.45, 2.75) is 38.6 Å². The highest BCUT2D eigenvalue weighted by atomic mass is 32.1. The van der Waals surface area contributed by atoms with Gasteiger partial charge in [0.25, 0.3) is 0 Å². The highest BCUT2D eigenvalue weighted by molar-refractivity contribution is 7.13. The van der Waals surface area contributed by atoms with E-state index in [-0.39, 0.29) is 5.41 Å². The van der Waals surface area contributed by atoms with Crippen molar-refractivity contribution in [2.75, 3.05) is 5.32 Å². The van der Waals surface area contributed by atoms with Gasteiger partial charge in [0.2, 0.25) is 0 Å². The van der Waals surface area contributed by atoms with Crippen LogP contribution >= 0.6 is 11.3 Å². The lowest BCUT2D eigenvalue weighted by molar-refractivity contribution is -0.145. The number of anilines is 1. The van der Waals surface area contributed by atoms with Gasteiger partial charge in [-0.15, -0.1) is 11.3 Å². The lowest BCUT2D eigenvalue weighted by Gasteiger charge is -2.14. The molecule has 0 unspecified atom stereocenters. The number of carbonyl (C=O) groups excluding carboxylic acids is 1. The Morgan fingerprint density at radius 3 is 2.38 bits per heavy atom. The third-order valence-corrected chi connectivity index (χ3v) is 3.23. The molecular weight excluding hydrogens is 298 g/mol. The summed E-state index contributed by atoms with van der Waals surface area (Å²) >= 11 is 1.21. The lowest BCUT2D eigenvalue weighted by atomic mass is 9.93. The quantitative estimate of drug-likeness (QED) is 0.651. The molecule has 0 saturated carbocycles. The van der Waals surface area contributed by atoms with E-state index >= 15 is 0 Å². The molecule has 2 amide bonds. The van der Waals surface area contributed by atoms with Gasteiger partial charge in [-0.2, -0.15) is 0 Å². The molecule has 0 aromatic carbocycles. The minimum Gasteiger partial charge on any atom is -0.481 e. The van der Waals surface area contributed by atoms with Crippen LogP contribution in [0.4, 0.5) is 9.93 Å². The zero-order valence-corrected chi connectivity index (χ0v) is 12.7. The van der Waals surface area contributed by atoms with E-state index in [1.807, 2.05) is 20.8 Å². The minimum atomic E-state index is -1.50. The Morgan fingerprint density at radius 1 is 1.33 bits per heavy atom. The van der Waals surface area contributed by atoms with Gasteiger partial charge >= 0.3 is 18.0 Å². The fourth-order valence-electron chi connectivity index (χ4n) is 1.34. The predicted octanol–water partition coefficient (Wildman–Crippen LogP) is 1.49. The van der Waals surface area contributed by atoms with E-state index < -0.39 is 30.4 Å². The predicted molar refractivity (Wildman–Crippen MR) is 76.6 cm³/mol. The number of nitrogens with one attached hydrogen (secondary N) is 2. The van der Waals surface area contributed by atoms with Gasteiger partial charge in [0.05, 0.1) is 12.1 Å². The van der Waals surface area contributed by atoms with E-state index in [1.54, 1.807) is 5.38 Å². The maximum atomic E-state index is 11.7. The molecule has 1 atom stereocenters. The van der Waals surface area contributed by atoms with Gasteiger partial charge in [0, 0.05) is 10.8 Å². The van der Waals surface area contributed by atoms with Gasteiger partial charge in [-0.1, -0.05) is 20.8 Å². The number of carbonyl (C=O) groups is 3. The van der Waals surface area contributed by atoms with Crippen LogP contribution in [0.1, 0.15) is 32.9 Å². The van der Waals surface area contributed by atoms with Crippen LogP contribution in [0, 0.1) is 0 Å². The highest BCUT2D eigenvalue weighted by Gasteiger charge is 2.24. The Hall–Kier alpha value is -2.16. The van der Waals surface area contributed by atoms with Crippen molar-refractivity contribution in [2.24, 2.45) is 0 Å². The van der Waals surface area contributed by atoms with Crippen LogP contribution in [0.5, 0.6) is 0 Å². The second-order valence-corrected chi connectivity index (χ2v) is 6.23. The number of thiazole rings is 1. The summed E-state index contributed by atoms with van der Waals surface area (Å²) in [6.45, 7) is 5.91. The molecule has 0 aliphatic heterocycles. The Bertz CT molecular complexity index is 549. The van der Waals surface area contributed by atoms with E-state index in [0.717, 1.165) is 5.69 Å². The highest BCUT2D eigenvalue weighted by Crippen LogP contribution is 2.26. The van der Waals surface area contributed by atoms with Gasteiger partial charge in [-0.3, -0.25) is 10.1 Å². The minimum absolute atomic E-state index is 0.167. The molecule has 1 rings (SSSR count). The van der Waals surface area contributed by atoms with Crippen LogP contribution in [-0.2, 0) is 15.0 Å². The Labute approximate surface area is 125 Å².